The summed E-state index contributed by atoms with van der Waals surface area (Å²) in [4.78, 5) is 2.45. The third kappa shape index (κ3) is 2.44. The molecule has 0 saturated heterocycles. The van der Waals surface area contributed by atoms with Gasteiger partial charge in [-0.1, -0.05) is 36.4 Å². The SMILES string of the molecule is CC(N)c1ccccc1N1CCCCc2ccccc21. The molecule has 0 aromatic heterocycles. The Balaban J connectivity index is 2.10. The summed E-state index contributed by atoms with van der Waals surface area (Å²) in [6.07, 6.45) is 3.66. The van der Waals surface area contributed by atoms with E-state index in [4.69, 9.17) is 5.73 Å². The van der Waals surface area contributed by atoms with E-state index in [-0.39, 0.29) is 6.04 Å². The van der Waals surface area contributed by atoms with Crippen LogP contribution < -0.4 is 10.6 Å². The molecule has 0 spiro atoms. The fourth-order valence-electron chi connectivity index (χ4n) is 3.06. The first-order valence-corrected chi connectivity index (χ1v) is 7.47. The third-order valence-corrected chi connectivity index (χ3v) is 4.08. The van der Waals surface area contributed by atoms with Gasteiger partial charge in [0.15, 0.2) is 0 Å². The Morgan fingerprint density at radius 1 is 0.950 bits per heavy atom. The van der Waals surface area contributed by atoms with Crippen LogP contribution >= 0.6 is 0 Å². The van der Waals surface area contributed by atoms with Gasteiger partial charge < -0.3 is 10.6 Å². The molecule has 0 bridgehead atoms. The van der Waals surface area contributed by atoms with Crippen LogP contribution in [0.15, 0.2) is 48.5 Å². The number of nitrogens with two attached hydrogens (primary N) is 1. The molecule has 1 atom stereocenters. The van der Waals surface area contributed by atoms with Crippen LogP contribution in [0.4, 0.5) is 11.4 Å². The second kappa shape index (κ2) is 5.68. The molecule has 0 aliphatic carbocycles. The first kappa shape index (κ1) is 13.2. The zero-order valence-corrected chi connectivity index (χ0v) is 12.0. The Morgan fingerprint density at radius 3 is 2.45 bits per heavy atom. The molecule has 20 heavy (non-hydrogen) atoms. The van der Waals surface area contributed by atoms with Crippen molar-refractivity contribution in [2.75, 3.05) is 11.4 Å². The van der Waals surface area contributed by atoms with Crippen LogP contribution in [0.2, 0.25) is 0 Å². The van der Waals surface area contributed by atoms with Gasteiger partial charge in [-0.25, -0.2) is 0 Å². The number of para-hydroxylation sites is 2. The van der Waals surface area contributed by atoms with Gasteiger partial charge in [0.25, 0.3) is 0 Å². The van der Waals surface area contributed by atoms with Gasteiger partial charge in [0.1, 0.15) is 0 Å². The average molecular weight is 266 g/mol. The lowest BCUT2D eigenvalue weighted by Crippen LogP contribution is -2.21. The lowest BCUT2D eigenvalue weighted by molar-refractivity contribution is 0.753. The Morgan fingerprint density at radius 2 is 1.65 bits per heavy atom. The molecule has 1 unspecified atom stereocenters. The van der Waals surface area contributed by atoms with Gasteiger partial charge in [0.05, 0.1) is 0 Å². The van der Waals surface area contributed by atoms with E-state index in [1.54, 1.807) is 0 Å². The van der Waals surface area contributed by atoms with Gasteiger partial charge >= 0.3 is 0 Å². The number of rotatable bonds is 2. The lowest BCUT2D eigenvalue weighted by Gasteiger charge is -2.28. The van der Waals surface area contributed by atoms with Crippen LogP contribution in [0.1, 0.15) is 36.9 Å². The maximum atomic E-state index is 6.15. The summed E-state index contributed by atoms with van der Waals surface area (Å²) in [6.45, 7) is 3.13. The molecule has 2 aromatic carbocycles. The minimum atomic E-state index is 0.0571. The quantitative estimate of drug-likeness (QED) is 0.883. The number of aryl methyl sites for hydroxylation is 1. The van der Waals surface area contributed by atoms with Crippen molar-refractivity contribution in [2.45, 2.75) is 32.2 Å². The standard InChI is InChI=1S/C18H22N2/c1-14(19)16-10-3-5-12-18(16)20-13-7-6-9-15-8-2-4-11-17(15)20/h2-5,8,10-12,14H,6-7,9,13,19H2,1H3. The van der Waals surface area contributed by atoms with Crippen LogP contribution in [-0.2, 0) is 6.42 Å². The summed E-state index contributed by atoms with van der Waals surface area (Å²) in [5.74, 6) is 0. The molecule has 2 N–H and O–H groups in total. The molecule has 0 amide bonds. The van der Waals surface area contributed by atoms with Crippen LogP contribution in [-0.4, -0.2) is 6.54 Å². The summed E-state index contributed by atoms with van der Waals surface area (Å²) in [5, 5.41) is 0. The molecule has 0 radical (unpaired) electrons. The summed E-state index contributed by atoms with van der Waals surface area (Å²) in [5.41, 5.74) is 11.4. The van der Waals surface area contributed by atoms with Gasteiger partial charge in [-0.2, -0.15) is 0 Å². The predicted octanol–water partition coefficient (Wildman–Crippen LogP) is 4.18. The van der Waals surface area contributed by atoms with E-state index < -0.39 is 0 Å². The fourth-order valence-corrected chi connectivity index (χ4v) is 3.06. The fraction of sp³-hybridized carbons (Fsp3) is 0.333. The summed E-state index contributed by atoms with van der Waals surface area (Å²) < 4.78 is 0. The van der Waals surface area contributed by atoms with E-state index in [0.29, 0.717) is 0 Å². The van der Waals surface area contributed by atoms with Crippen LogP contribution in [0.3, 0.4) is 0 Å². The van der Waals surface area contributed by atoms with Crippen molar-refractivity contribution in [1.82, 2.24) is 0 Å². The molecule has 0 saturated carbocycles. The monoisotopic (exact) mass is 266 g/mol. The normalized spacial score (nSPS) is 16.4. The summed E-state index contributed by atoms with van der Waals surface area (Å²) >= 11 is 0. The largest absolute Gasteiger partial charge is 0.341 e. The van der Waals surface area contributed by atoms with Crippen molar-refractivity contribution in [3.05, 3.63) is 59.7 Å². The molecule has 104 valence electrons. The van der Waals surface area contributed by atoms with Gasteiger partial charge in [0.2, 0.25) is 0 Å². The highest BCUT2D eigenvalue weighted by molar-refractivity contribution is 5.70. The molecule has 2 heteroatoms. The number of anilines is 2. The predicted molar refractivity (Wildman–Crippen MR) is 85.4 cm³/mol. The highest BCUT2D eigenvalue weighted by Gasteiger charge is 2.19. The van der Waals surface area contributed by atoms with Crippen LogP contribution in [0.25, 0.3) is 0 Å². The second-order valence-electron chi connectivity index (χ2n) is 5.58. The Bertz CT molecular complexity index is 589. The van der Waals surface area contributed by atoms with Gasteiger partial charge in [0, 0.05) is 24.0 Å². The molecule has 1 aliphatic rings. The van der Waals surface area contributed by atoms with Crippen LogP contribution in [0.5, 0.6) is 0 Å². The third-order valence-electron chi connectivity index (χ3n) is 4.08. The van der Waals surface area contributed by atoms with Crippen molar-refractivity contribution in [2.24, 2.45) is 5.73 Å². The van der Waals surface area contributed by atoms with Gasteiger partial charge in [-0.15, -0.1) is 0 Å². The smallest absolute Gasteiger partial charge is 0.0459 e. The van der Waals surface area contributed by atoms with Gasteiger partial charge in [-0.3, -0.25) is 0 Å². The van der Waals surface area contributed by atoms with E-state index in [2.05, 4.69) is 60.4 Å². The number of nitrogens with zero attached hydrogens (tertiary/aromatic N) is 1. The molecule has 0 fully saturated rings. The molecular formula is C18H22N2. The first-order valence-electron chi connectivity index (χ1n) is 7.47. The maximum absolute atomic E-state index is 6.15. The number of fused-ring (bicyclic) bond motifs is 1. The minimum absolute atomic E-state index is 0.0571. The maximum Gasteiger partial charge on any atom is 0.0459 e. The van der Waals surface area contributed by atoms with Crippen LogP contribution in [0, 0.1) is 0 Å². The Labute approximate surface area is 121 Å². The first-order chi connectivity index (χ1) is 9.77. The number of hydrogen-bond acceptors (Lipinski definition) is 2. The van der Waals surface area contributed by atoms with Crippen molar-refractivity contribution in [1.29, 1.82) is 0 Å². The van der Waals surface area contributed by atoms with Gasteiger partial charge in [-0.05, 0) is 49.4 Å². The zero-order chi connectivity index (χ0) is 13.9. The van der Waals surface area contributed by atoms with E-state index >= 15 is 0 Å². The lowest BCUT2D eigenvalue weighted by atomic mass is 10.0. The van der Waals surface area contributed by atoms with E-state index in [0.717, 1.165) is 6.54 Å². The van der Waals surface area contributed by atoms with Crippen molar-refractivity contribution in [3.63, 3.8) is 0 Å². The molecule has 1 heterocycles. The Hall–Kier alpha value is -1.80. The van der Waals surface area contributed by atoms with E-state index in [1.807, 2.05) is 0 Å². The van der Waals surface area contributed by atoms with Crippen molar-refractivity contribution < 1.29 is 0 Å². The topological polar surface area (TPSA) is 29.3 Å². The van der Waals surface area contributed by atoms with E-state index in [1.165, 1.54) is 41.8 Å². The van der Waals surface area contributed by atoms with Crippen molar-refractivity contribution in [3.8, 4) is 0 Å². The van der Waals surface area contributed by atoms with Crippen molar-refractivity contribution >= 4 is 11.4 Å². The minimum Gasteiger partial charge on any atom is -0.341 e. The molecule has 1 aliphatic heterocycles. The zero-order valence-electron chi connectivity index (χ0n) is 12.0. The molecular weight excluding hydrogens is 244 g/mol. The molecule has 2 aromatic rings. The Kier molecular flexibility index (Phi) is 3.75. The number of benzene rings is 2. The summed E-state index contributed by atoms with van der Waals surface area (Å²) in [7, 11) is 0. The highest BCUT2D eigenvalue weighted by Crippen LogP contribution is 2.35. The average Bonchev–Trinajstić information content (AvgIpc) is 2.69. The van der Waals surface area contributed by atoms with E-state index in [9.17, 15) is 0 Å². The summed E-state index contributed by atoms with van der Waals surface area (Å²) in [6, 6.07) is 17.3. The highest BCUT2D eigenvalue weighted by atomic mass is 15.1. The number of hydrogen-bond donors (Lipinski definition) is 1. The second-order valence-corrected chi connectivity index (χ2v) is 5.58. The molecule has 3 rings (SSSR count). The molecule has 2 nitrogen and oxygen atoms in total.